The second-order valence-electron chi connectivity index (χ2n) is 7.73. The predicted molar refractivity (Wildman–Crippen MR) is 92.4 cm³/mol. The molecule has 1 unspecified atom stereocenters. The highest BCUT2D eigenvalue weighted by molar-refractivity contribution is 5.83. The van der Waals surface area contributed by atoms with Crippen molar-refractivity contribution in [1.29, 1.82) is 0 Å². The number of hydrogen-bond donors (Lipinski definition) is 2. The number of carbonyl (C=O) groups is 1. The number of rotatable bonds is 7. The first kappa shape index (κ1) is 21.6. The average Bonchev–Trinajstić information content (AvgIpc) is 3.31. The lowest BCUT2D eigenvalue weighted by molar-refractivity contribution is -0.137. The number of nitrogens with one attached hydrogen (secondary N) is 2. The van der Waals surface area contributed by atoms with Crippen LogP contribution in [0.25, 0.3) is 0 Å². The molecule has 2 rings (SSSR count). The largest absolute Gasteiger partial charge is 0.416 e. The van der Waals surface area contributed by atoms with E-state index in [-0.39, 0.29) is 17.4 Å². The molecular formula is C19H25F5N2O. The van der Waals surface area contributed by atoms with Crippen molar-refractivity contribution in [2.24, 2.45) is 5.92 Å². The Bertz CT molecular complexity index is 658. The number of halogens is 5. The molecule has 27 heavy (non-hydrogen) atoms. The Morgan fingerprint density at radius 1 is 1.11 bits per heavy atom. The summed E-state index contributed by atoms with van der Waals surface area (Å²) in [5.41, 5.74) is -2.80. The maximum absolute atomic E-state index is 13.7. The summed E-state index contributed by atoms with van der Waals surface area (Å²) in [4.78, 5) is 12.6. The quantitative estimate of drug-likeness (QED) is 0.668. The van der Waals surface area contributed by atoms with Gasteiger partial charge in [-0.05, 0) is 56.0 Å². The molecule has 0 aromatic heterocycles. The molecule has 1 aliphatic carbocycles. The summed E-state index contributed by atoms with van der Waals surface area (Å²) in [5.74, 6) is -3.52. The van der Waals surface area contributed by atoms with Crippen molar-refractivity contribution in [1.82, 2.24) is 10.6 Å². The molecule has 1 aromatic rings. The third-order valence-corrected chi connectivity index (χ3v) is 4.80. The first-order valence-corrected chi connectivity index (χ1v) is 8.89. The van der Waals surface area contributed by atoms with Gasteiger partial charge in [0.1, 0.15) is 0 Å². The van der Waals surface area contributed by atoms with E-state index < -0.39 is 34.8 Å². The van der Waals surface area contributed by atoms with Gasteiger partial charge < -0.3 is 10.6 Å². The SMILES string of the molecule is CNC(CC(C)C)C(=O)NC1(c2cc(C(C)(F)F)cc(C(F)(F)F)c2)CC1. The summed E-state index contributed by atoms with van der Waals surface area (Å²) in [5, 5.41) is 5.68. The summed E-state index contributed by atoms with van der Waals surface area (Å²) < 4.78 is 67.0. The van der Waals surface area contributed by atoms with Gasteiger partial charge in [-0.3, -0.25) is 4.79 Å². The van der Waals surface area contributed by atoms with Crippen LogP contribution < -0.4 is 10.6 Å². The zero-order chi connectivity index (χ0) is 20.6. The minimum absolute atomic E-state index is 0.0709. The molecule has 3 nitrogen and oxygen atoms in total. The molecule has 1 amide bonds. The molecule has 1 aromatic carbocycles. The van der Waals surface area contributed by atoms with Crippen LogP contribution in [0.2, 0.25) is 0 Å². The van der Waals surface area contributed by atoms with E-state index in [1.54, 1.807) is 7.05 Å². The van der Waals surface area contributed by atoms with Gasteiger partial charge in [-0.2, -0.15) is 13.2 Å². The van der Waals surface area contributed by atoms with Crippen LogP contribution in [0, 0.1) is 5.92 Å². The van der Waals surface area contributed by atoms with Gasteiger partial charge in [0, 0.05) is 12.5 Å². The van der Waals surface area contributed by atoms with Gasteiger partial charge in [0.25, 0.3) is 5.92 Å². The standard InChI is InChI=1S/C19H25F5N2O/c1-11(2)7-15(25-4)16(27)26-18(5-6-18)13-8-12(17(3,20)21)9-14(10-13)19(22,23)24/h8-11,15,25H,5-7H2,1-4H3,(H,26,27). The Morgan fingerprint density at radius 2 is 1.67 bits per heavy atom. The van der Waals surface area contributed by atoms with Gasteiger partial charge in [0.2, 0.25) is 5.91 Å². The lowest BCUT2D eigenvalue weighted by Gasteiger charge is -2.25. The maximum atomic E-state index is 13.7. The van der Waals surface area contributed by atoms with Crippen LogP contribution in [0.5, 0.6) is 0 Å². The first-order chi connectivity index (χ1) is 12.3. The summed E-state index contributed by atoms with van der Waals surface area (Å²) in [7, 11) is 1.63. The van der Waals surface area contributed by atoms with Crippen molar-refractivity contribution < 1.29 is 26.7 Å². The van der Waals surface area contributed by atoms with Gasteiger partial charge in [-0.15, -0.1) is 0 Å². The molecule has 0 saturated heterocycles. The van der Waals surface area contributed by atoms with Gasteiger partial charge in [0.15, 0.2) is 0 Å². The molecule has 0 aliphatic heterocycles. The summed E-state index contributed by atoms with van der Waals surface area (Å²) in [6, 6.07) is 1.90. The average molecular weight is 392 g/mol. The van der Waals surface area contributed by atoms with Gasteiger partial charge in [0.05, 0.1) is 17.1 Å². The number of carbonyl (C=O) groups excluding carboxylic acids is 1. The Morgan fingerprint density at radius 3 is 2.07 bits per heavy atom. The van der Waals surface area contributed by atoms with Crippen molar-refractivity contribution in [3.63, 3.8) is 0 Å². The molecule has 1 saturated carbocycles. The molecule has 0 bridgehead atoms. The molecule has 1 aliphatic rings. The highest BCUT2D eigenvalue weighted by Crippen LogP contribution is 2.48. The Hall–Kier alpha value is -1.70. The van der Waals surface area contributed by atoms with Crippen molar-refractivity contribution in [2.45, 2.75) is 63.7 Å². The molecular weight excluding hydrogens is 367 g/mol. The van der Waals surface area contributed by atoms with E-state index in [0.29, 0.717) is 32.3 Å². The van der Waals surface area contributed by atoms with E-state index in [9.17, 15) is 26.7 Å². The lowest BCUT2D eigenvalue weighted by atomic mass is 9.95. The fourth-order valence-electron chi connectivity index (χ4n) is 3.08. The molecule has 1 fully saturated rings. The smallest absolute Gasteiger partial charge is 0.345 e. The third-order valence-electron chi connectivity index (χ3n) is 4.80. The van der Waals surface area contributed by atoms with Crippen LogP contribution in [0.1, 0.15) is 56.7 Å². The zero-order valence-electron chi connectivity index (χ0n) is 15.8. The monoisotopic (exact) mass is 392 g/mol. The molecule has 1 atom stereocenters. The summed E-state index contributed by atoms with van der Waals surface area (Å²) in [6.45, 7) is 4.46. The number of likely N-dealkylation sites (N-methyl/N-ethyl adjacent to an activating group) is 1. The zero-order valence-corrected chi connectivity index (χ0v) is 15.8. The van der Waals surface area contributed by atoms with Gasteiger partial charge >= 0.3 is 6.18 Å². The molecule has 152 valence electrons. The van der Waals surface area contributed by atoms with Gasteiger partial charge in [-0.1, -0.05) is 13.8 Å². The Labute approximate surface area is 155 Å². The minimum Gasteiger partial charge on any atom is -0.345 e. The third kappa shape index (κ3) is 5.18. The maximum Gasteiger partial charge on any atom is 0.416 e. The highest BCUT2D eigenvalue weighted by Gasteiger charge is 2.48. The van der Waals surface area contributed by atoms with Gasteiger partial charge in [-0.25, -0.2) is 8.78 Å². The second-order valence-corrected chi connectivity index (χ2v) is 7.73. The van der Waals surface area contributed by atoms with E-state index in [1.165, 1.54) is 0 Å². The van der Waals surface area contributed by atoms with Crippen LogP contribution in [-0.4, -0.2) is 19.0 Å². The molecule has 0 spiro atoms. The molecule has 2 N–H and O–H groups in total. The van der Waals surface area contributed by atoms with Crippen molar-refractivity contribution in [3.8, 4) is 0 Å². The van der Waals surface area contributed by atoms with Crippen molar-refractivity contribution in [2.75, 3.05) is 7.05 Å². The predicted octanol–water partition coefficient (Wildman–Crippen LogP) is 4.56. The Balaban J connectivity index is 2.37. The Kier molecular flexibility index (Phi) is 5.90. The van der Waals surface area contributed by atoms with E-state index >= 15 is 0 Å². The number of amides is 1. The summed E-state index contributed by atoms with van der Waals surface area (Å²) >= 11 is 0. The van der Waals surface area contributed by atoms with E-state index in [2.05, 4.69) is 10.6 Å². The van der Waals surface area contributed by atoms with Crippen LogP contribution in [0.3, 0.4) is 0 Å². The number of benzene rings is 1. The van der Waals surface area contributed by atoms with E-state index in [4.69, 9.17) is 0 Å². The topological polar surface area (TPSA) is 41.1 Å². The number of hydrogen-bond acceptors (Lipinski definition) is 2. The van der Waals surface area contributed by atoms with Crippen molar-refractivity contribution in [3.05, 3.63) is 34.9 Å². The van der Waals surface area contributed by atoms with Crippen LogP contribution in [-0.2, 0) is 22.4 Å². The van der Waals surface area contributed by atoms with Crippen LogP contribution in [0.4, 0.5) is 22.0 Å². The minimum atomic E-state index is -4.75. The second kappa shape index (κ2) is 7.37. The van der Waals surface area contributed by atoms with Crippen LogP contribution >= 0.6 is 0 Å². The number of alkyl halides is 5. The normalized spacial score (nSPS) is 17.7. The molecule has 0 heterocycles. The van der Waals surface area contributed by atoms with Crippen molar-refractivity contribution >= 4 is 5.91 Å². The molecule has 0 radical (unpaired) electrons. The van der Waals surface area contributed by atoms with Crippen LogP contribution in [0.15, 0.2) is 18.2 Å². The lowest BCUT2D eigenvalue weighted by Crippen LogP contribution is -2.47. The molecule has 8 heteroatoms. The first-order valence-electron chi connectivity index (χ1n) is 8.89. The van der Waals surface area contributed by atoms with E-state index in [0.717, 1.165) is 12.1 Å². The van der Waals surface area contributed by atoms with E-state index in [1.807, 2.05) is 13.8 Å². The summed E-state index contributed by atoms with van der Waals surface area (Å²) in [6.07, 6.45) is -3.37. The fourth-order valence-corrected chi connectivity index (χ4v) is 3.08. The fraction of sp³-hybridized carbons (Fsp3) is 0.632. The highest BCUT2D eigenvalue weighted by atomic mass is 19.4.